The zero-order valence-corrected chi connectivity index (χ0v) is 14.0. The number of carbonyl (C=O) groups is 1. The SMILES string of the molecule is C=CCNc1ccc(NC(=O)c2ccc(C(C)(C)C)cc2)cc1. The minimum Gasteiger partial charge on any atom is -0.382 e. The third kappa shape index (κ3) is 4.71. The van der Waals surface area contributed by atoms with E-state index in [4.69, 9.17) is 0 Å². The highest BCUT2D eigenvalue weighted by atomic mass is 16.1. The fourth-order valence-corrected chi connectivity index (χ4v) is 2.19. The van der Waals surface area contributed by atoms with Crippen molar-refractivity contribution >= 4 is 17.3 Å². The van der Waals surface area contributed by atoms with E-state index in [1.54, 1.807) is 6.08 Å². The number of hydrogen-bond acceptors (Lipinski definition) is 2. The monoisotopic (exact) mass is 308 g/mol. The maximum atomic E-state index is 12.3. The van der Waals surface area contributed by atoms with E-state index in [0.29, 0.717) is 12.1 Å². The Kier molecular flexibility index (Phi) is 5.22. The largest absolute Gasteiger partial charge is 0.382 e. The molecule has 0 saturated heterocycles. The Morgan fingerprint density at radius 1 is 1.00 bits per heavy atom. The predicted octanol–water partition coefficient (Wildman–Crippen LogP) is 4.83. The number of anilines is 2. The van der Waals surface area contributed by atoms with E-state index in [0.717, 1.165) is 11.4 Å². The summed E-state index contributed by atoms with van der Waals surface area (Å²) in [5.74, 6) is -0.0998. The number of hydrogen-bond donors (Lipinski definition) is 2. The molecular weight excluding hydrogens is 284 g/mol. The lowest BCUT2D eigenvalue weighted by Gasteiger charge is -2.19. The van der Waals surface area contributed by atoms with E-state index >= 15 is 0 Å². The smallest absolute Gasteiger partial charge is 0.255 e. The summed E-state index contributed by atoms with van der Waals surface area (Å²) in [6.45, 7) is 10.9. The van der Waals surface area contributed by atoms with E-state index in [1.807, 2.05) is 48.5 Å². The van der Waals surface area contributed by atoms with Crippen molar-refractivity contribution in [2.45, 2.75) is 26.2 Å². The van der Waals surface area contributed by atoms with Crippen molar-refractivity contribution < 1.29 is 4.79 Å². The van der Waals surface area contributed by atoms with Crippen LogP contribution in [0.3, 0.4) is 0 Å². The molecule has 0 aliphatic rings. The van der Waals surface area contributed by atoms with Crippen molar-refractivity contribution in [1.29, 1.82) is 0 Å². The van der Waals surface area contributed by atoms with Gasteiger partial charge in [-0.3, -0.25) is 4.79 Å². The minimum absolute atomic E-state index is 0.0866. The van der Waals surface area contributed by atoms with Crippen LogP contribution in [0.15, 0.2) is 61.2 Å². The number of nitrogens with one attached hydrogen (secondary N) is 2. The Morgan fingerprint density at radius 3 is 2.09 bits per heavy atom. The summed E-state index contributed by atoms with van der Waals surface area (Å²) in [5.41, 5.74) is 3.73. The van der Waals surface area contributed by atoms with Crippen LogP contribution in [-0.4, -0.2) is 12.5 Å². The Hall–Kier alpha value is -2.55. The molecule has 120 valence electrons. The molecule has 2 aromatic rings. The lowest BCUT2D eigenvalue weighted by molar-refractivity contribution is 0.102. The van der Waals surface area contributed by atoms with Crippen LogP contribution < -0.4 is 10.6 Å². The van der Waals surface area contributed by atoms with Crippen LogP contribution in [0, 0.1) is 0 Å². The molecule has 0 spiro atoms. The fraction of sp³-hybridized carbons (Fsp3) is 0.250. The molecular formula is C20H24N2O. The first-order valence-electron chi connectivity index (χ1n) is 7.77. The van der Waals surface area contributed by atoms with Crippen LogP contribution in [0.2, 0.25) is 0 Å². The molecule has 0 bridgehead atoms. The summed E-state index contributed by atoms with van der Waals surface area (Å²) < 4.78 is 0. The first-order valence-corrected chi connectivity index (χ1v) is 7.77. The van der Waals surface area contributed by atoms with Crippen molar-refractivity contribution in [3.05, 3.63) is 72.3 Å². The molecule has 0 radical (unpaired) electrons. The van der Waals surface area contributed by atoms with Gasteiger partial charge in [0.05, 0.1) is 0 Å². The number of carbonyl (C=O) groups excluding carboxylic acids is 1. The van der Waals surface area contributed by atoms with Crippen LogP contribution in [-0.2, 0) is 5.41 Å². The van der Waals surface area contributed by atoms with Gasteiger partial charge in [0, 0.05) is 23.5 Å². The molecule has 0 aliphatic heterocycles. The van der Waals surface area contributed by atoms with Gasteiger partial charge >= 0.3 is 0 Å². The molecule has 2 aromatic carbocycles. The molecule has 1 amide bonds. The highest BCUT2D eigenvalue weighted by molar-refractivity contribution is 6.04. The summed E-state index contributed by atoms with van der Waals surface area (Å²) in [5, 5.41) is 6.11. The van der Waals surface area contributed by atoms with Gasteiger partial charge < -0.3 is 10.6 Å². The molecule has 0 saturated carbocycles. The quantitative estimate of drug-likeness (QED) is 0.776. The standard InChI is InChI=1S/C20H24N2O/c1-5-14-21-17-10-12-18(13-11-17)22-19(23)15-6-8-16(9-7-15)20(2,3)4/h5-13,21H,1,14H2,2-4H3,(H,22,23). The van der Waals surface area contributed by atoms with Crippen LogP contribution in [0.1, 0.15) is 36.7 Å². The number of rotatable bonds is 5. The highest BCUT2D eigenvalue weighted by Gasteiger charge is 2.14. The van der Waals surface area contributed by atoms with Crippen molar-refractivity contribution in [1.82, 2.24) is 0 Å². The second-order valence-electron chi connectivity index (χ2n) is 6.53. The van der Waals surface area contributed by atoms with Crippen molar-refractivity contribution in [2.24, 2.45) is 0 Å². The maximum absolute atomic E-state index is 12.3. The molecule has 3 heteroatoms. The molecule has 0 aliphatic carbocycles. The van der Waals surface area contributed by atoms with E-state index in [2.05, 4.69) is 38.0 Å². The number of amides is 1. The van der Waals surface area contributed by atoms with E-state index in [1.165, 1.54) is 5.56 Å². The van der Waals surface area contributed by atoms with E-state index in [-0.39, 0.29) is 11.3 Å². The van der Waals surface area contributed by atoms with E-state index < -0.39 is 0 Å². The van der Waals surface area contributed by atoms with Gasteiger partial charge in [-0.2, -0.15) is 0 Å². The Balaban J connectivity index is 2.02. The van der Waals surface area contributed by atoms with Crippen LogP contribution >= 0.6 is 0 Å². The fourth-order valence-electron chi connectivity index (χ4n) is 2.19. The zero-order valence-electron chi connectivity index (χ0n) is 14.0. The molecule has 0 atom stereocenters. The first-order chi connectivity index (χ1) is 10.9. The molecule has 0 fully saturated rings. The highest BCUT2D eigenvalue weighted by Crippen LogP contribution is 2.22. The molecule has 0 unspecified atom stereocenters. The van der Waals surface area contributed by atoms with Gasteiger partial charge in [0.25, 0.3) is 5.91 Å². The third-order valence-corrected chi connectivity index (χ3v) is 3.61. The van der Waals surface area contributed by atoms with Crippen molar-refractivity contribution in [3.63, 3.8) is 0 Å². The van der Waals surface area contributed by atoms with Crippen molar-refractivity contribution in [2.75, 3.05) is 17.2 Å². The Labute approximate surface area is 138 Å². The average molecular weight is 308 g/mol. The average Bonchev–Trinajstić information content (AvgIpc) is 2.53. The van der Waals surface area contributed by atoms with Gasteiger partial charge in [-0.25, -0.2) is 0 Å². The summed E-state index contributed by atoms with van der Waals surface area (Å²) in [7, 11) is 0. The van der Waals surface area contributed by atoms with Crippen LogP contribution in [0.25, 0.3) is 0 Å². The normalized spacial score (nSPS) is 10.9. The van der Waals surface area contributed by atoms with Gasteiger partial charge in [-0.05, 0) is 47.4 Å². The first kappa shape index (κ1) is 16.8. The second-order valence-corrected chi connectivity index (χ2v) is 6.53. The molecule has 23 heavy (non-hydrogen) atoms. The molecule has 0 heterocycles. The topological polar surface area (TPSA) is 41.1 Å². The molecule has 2 rings (SSSR count). The van der Waals surface area contributed by atoms with Gasteiger partial charge in [-0.15, -0.1) is 6.58 Å². The van der Waals surface area contributed by atoms with Crippen LogP contribution in [0.5, 0.6) is 0 Å². The predicted molar refractivity (Wildman–Crippen MR) is 98.2 cm³/mol. The third-order valence-electron chi connectivity index (χ3n) is 3.61. The zero-order chi connectivity index (χ0) is 16.9. The molecule has 0 aromatic heterocycles. The molecule has 3 nitrogen and oxygen atoms in total. The summed E-state index contributed by atoms with van der Waals surface area (Å²) in [4.78, 5) is 12.3. The Bertz CT molecular complexity index is 664. The van der Waals surface area contributed by atoms with Crippen molar-refractivity contribution in [3.8, 4) is 0 Å². The minimum atomic E-state index is -0.0998. The van der Waals surface area contributed by atoms with E-state index in [9.17, 15) is 4.79 Å². The van der Waals surface area contributed by atoms with Gasteiger partial charge in [0.1, 0.15) is 0 Å². The van der Waals surface area contributed by atoms with Gasteiger partial charge in [0.2, 0.25) is 0 Å². The maximum Gasteiger partial charge on any atom is 0.255 e. The summed E-state index contributed by atoms with van der Waals surface area (Å²) in [6, 6.07) is 15.4. The van der Waals surface area contributed by atoms with Crippen LogP contribution in [0.4, 0.5) is 11.4 Å². The summed E-state index contributed by atoms with van der Waals surface area (Å²) in [6.07, 6.45) is 1.80. The lowest BCUT2D eigenvalue weighted by Crippen LogP contribution is -2.14. The molecule has 2 N–H and O–H groups in total. The van der Waals surface area contributed by atoms with Gasteiger partial charge in [0.15, 0.2) is 0 Å². The number of benzene rings is 2. The lowest BCUT2D eigenvalue weighted by atomic mass is 9.87. The second kappa shape index (κ2) is 7.14. The summed E-state index contributed by atoms with van der Waals surface area (Å²) >= 11 is 0. The Morgan fingerprint density at radius 2 is 1.57 bits per heavy atom. The van der Waals surface area contributed by atoms with Gasteiger partial charge in [-0.1, -0.05) is 39.0 Å².